The summed E-state index contributed by atoms with van der Waals surface area (Å²) in [5.74, 6) is -0.381. The SMILES string of the molecule is O=C(Cc1cccc(C(F)(F)F)c1)Cc1cc(S(=O)(=O)O)ccc1-c1ccsc1. The molecule has 4 nitrogen and oxygen atoms in total. The highest BCUT2D eigenvalue weighted by molar-refractivity contribution is 7.85. The fourth-order valence-corrected chi connectivity index (χ4v) is 4.12. The summed E-state index contributed by atoms with van der Waals surface area (Å²) in [5, 5.41) is 3.64. The normalized spacial score (nSPS) is 12.1. The summed E-state index contributed by atoms with van der Waals surface area (Å²) in [6.45, 7) is 0. The van der Waals surface area contributed by atoms with E-state index in [-0.39, 0.29) is 29.1 Å². The number of thiophene rings is 1. The molecule has 0 saturated heterocycles. The molecule has 3 aromatic rings. The van der Waals surface area contributed by atoms with Gasteiger partial charge < -0.3 is 0 Å². The van der Waals surface area contributed by atoms with E-state index in [4.69, 9.17) is 0 Å². The van der Waals surface area contributed by atoms with Gasteiger partial charge in [0.2, 0.25) is 0 Å². The molecule has 0 spiro atoms. The van der Waals surface area contributed by atoms with Crippen LogP contribution in [0.3, 0.4) is 0 Å². The molecule has 29 heavy (non-hydrogen) atoms. The van der Waals surface area contributed by atoms with Crippen LogP contribution in [0.2, 0.25) is 0 Å². The van der Waals surface area contributed by atoms with Crippen LogP contribution in [0.25, 0.3) is 11.1 Å². The fraction of sp³-hybridized carbons (Fsp3) is 0.150. The molecule has 2 aromatic carbocycles. The topological polar surface area (TPSA) is 71.4 Å². The van der Waals surface area contributed by atoms with Gasteiger partial charge in [0.05, 0.1) is 10.5 Å². The highest BCUT2D eigenvalue weighted by atomic mass is 32.2. The number of ketones is 1. The predicted octanol–water partition coefficient (Wildman–Crippen LogP) is 5.03. The van der Waals surface area contributed by atoms with Crippen LogP contribution in [-0.2, 0) is 33.9 Å². The van der Waals surface area contributed by atoms with Crippen LogP contribution in [0, 0.1) is 0 Å². The quantitative estimate of drug-likeness (QED) is 0.546. The van der Waals surface area contributed by atoms with Gasteiger partial charge in [-0.05, 0) is 57.3 Å². The first-order valence-electron chi connectivity index (χ1n) is 8.35. The molecule has 0 amide bonds. The van der Waals surface area contributed by atoms with Crippen LogP contribution in [0.4, 0.5) is 13.2 Å². The third kappa shape index (κ3) is 5.31. The first-order valence-corrected chi connectivity index (χ1v) is 10.7. The van der Waals surface area contributed by atoms with Crippen molar-refractivity contribution in [2.75, 3.05) is 0 Å². The maximum atomic E-state index is 12.9. The van der Waals surface area contributed by atoms with Gasteiger partial charge in [-0.2, -0.15) is 32.9 Å². The molecule has 0 fully saturated rings. The summed E-state index contributed by atoms with van der Waals surface area (Å²) in [6.07, 6.45) is -4.93. The lowest BCUT2D eigenvalue weighted by Crippen LogP contribution is -2.10. The van der Waals surface area contributed by atoms with Crippen molar-refractivity contribution in [2.45, 2.75) is 23.9 Å². The Morgan fingerprint density at radius 1 is 1.03 bits per heavy atom. The Morgan fingerprint density at radius 3 is 2.41 bits per heavy atom. The third-order valence-electron chi connectivity index (χ3n) is 4.25. The molecule has 1 aromatic heterocycles. The smallest absolute Gasteiger partial charge is 0.299 e. The zero-order chi connectivity index (χ0) is 21.2. The van der Waals surface area contributed by atoms with Gasteiger partial charge in [-0.3, -0.25) is 9.35 Å². The fourth-order valence-electron chi connectivity index (χ4n) is 2.94. The first-order chi connectivity index (χ1) is 13.5. The minimum atomic E-state index is -4.50. The molecule has 1 heterocycles. The Kier molecular flexibility index (Phi) is 5.92. The zero-order valence-electron chi connectivity index (χ0n) is 14.8. The number of benzene rings is 2. The standard InChI is InChI=1S/C20H15F3O4S2/c21-20(22,23)16-3-1-2-13(8-16)9-17(24)10-15-11-18(29(25,26)27)4-5-19(15)14-6-7-28-12-14/h1-8,11-12H,9-10H2,(H,25,26,27). The van der Waals surface area contributed by atoms with Crippen molar-refractivity contribution < 1.29 is 30.9 Å². The molecule has 0 radical (unpaired) electrons. The lowest BCUT2D eigenvalue weighted by atomic mass is 9.95. The minimum Gasteiger partial charge on any atom is -0.299 e. The molecule has 0 unspecified atom stereocenters. The number of halogens is 3. The number of Topliss-reactive ketones (excluding diaryl/α,β-unsaturated/α-hetero) is 1. The second-order valence-electron chi connectivity index (χ2n) is 6.40. The highest BCUT2D eigenvalue weighted by Gasteiger charge is 2.30. The summed E-state index contributed by atoms with van der Waals surface area (Å²) in [7, 11) is -4.46. The lowest BCUT2D eigenvalue weighted by Gasteiger charge is -2.11. The van der Waals surface area contributed by atoms with Gasteiger partial charge in [0.1, 0.15) is 5.78 Å². The Hall–Kier alpha value is -2.49. The van der Waals surface area contributed by atoms with Crippen molar-refractivity contribution in [1.29, 1.82) is 0 Å². The molecule has 152 valence electrons. The molecule has 3 rings (SSSR count). The maximum Gasteiger partial charge on any atom is 0.416 e. The van der Waals surface area contributed by atoms with Crippen LogP contribution in [0.1, 0.15) is 16.7 Å². The Balaban J connectivity index is 1.89. The van der Waals surface area contributed by atoms with Crippen LogP contribution in [0.5, 0.6) is 0 Å². The molecule has 0 aliphatic carbocycles. The molecule has 0 atom stereocenters. The molecule has 0 saturated carbocycles. The Bertz CT molecular complexity index is 1130. The van der Waals surface area contributed by atoms with E-state index in [0.717, 1.165) is 17.7 Å². The van der Waals surface area contributed by atoms with E-state index < -0.39 is 21.9 Å². The Labute approximate surface area is 169 Å². The van der Waals surface area contributed by atoms with E-state index >= 15 is 0 Å². The van der Waals surface area contributed by atoms with E-state index in [0.29, 0.717) is 11.1 Å². The average Bonchev–Trinajstić information content (AvgIpc) is 3.14. The number of carbonyl (C=O) groups excluding carboxylic acids is 1. The number of rotatable bonds is 6. The summed E-state index contributed by atoms with van der Waals surface area (Å²) < 4.78 is 70.8. The highest BCUT2D eigenvalue weighted by Crippen LogP contribution is 2.31. The van der Waals surface area contributed by atoms with E-state index in [9.17, 15) is 30.9 Å². The number of alkyl halides is 3. The van der Waals surface area contributed by atoms with E-state index in [1.807, 2.05) is 10.8 Å². The van der Waals surface area contributed by atoms with Crippen molar-refractivity contribution in [3.05, 3.63) is 76.0 Å². The van der Waals surface area contributed by atoms with Crippen LogP contribution in [-0.4, -0.2) is 18.8 Å². The van der Waals surface area contributed by atoms with Crippen molar-refractivity contribution in [3.63, 3.8) is 0 Å². The van der Waals surface area contributed by atoms with Crippen molar-refractivity contribution in [2.24, 2.45) is 0 Å². The van der Waals surface area contributed by atoms with Gasteiger partial charge in [-0.1, -0.05) is 24.3 Å². The van der Waals surface area contributed by atoms with Crippen LogP contribution >= 0.6 is 11.3 Å². The summed E-state index contributed by atoms with van der Waals surface area (Å²) >= 11 is 1.42. The largest absolute Gasteiger partial charge is 0.416 e. The monoisotopic (exact) mass is 440 g/mol. The van der Waals surface area contributed by atoms with Gasteiger partial charge >= 0.3 is 6.18 Å². The van der Waals surface area contributed by atoms with Crippen LogP contribution in [0.15, 0.2) is 64.2 Å². The third-order valence-corrected chi connectivity index (χ3v) is 5.78. The van der Waals surface area contributed by atoms with Gasteiger partial charge in [0.25, 0.3) is 10.1 Å². The lowest BCUT2D eigenvalue weighted by molar-refractivity contribution is -0.137. The number of carbonyl (C=O) groups is 1. The number of hydrogen-bond donors (Lipinski definition) is 1. The molecule has 9 heteroatoms. The van der Waals surface area contributed by atoms with Gasteiger partial charge in [-0.25, -0.2) is 0 Å². The minimum absolute atomic E-state index is 0.190. The predicted molar refractivity (Wildman–Crippen MR) is 103 cm³/mol. The number of hydrogen-bond acceptors (Lipinski definition) is 4. The molecular formula is C20H15F3O4S2. The summed E-state index contributed by atoms with van der Waals surface area (Å²) in [5.41, 5.74) is 1.15. The van der Waals surface area contributed by atoms with Gasteiger partial charge in [0.15, 0.2) is 0 Å². The molecule has 0 bridgehead atoms. The van der Waals surface area contributed by atoms with E-state index in [1.165, 1.54) is 41.7 Å². The second-order valence-corrected chi connectivity index (χ2v) is 8.60. The maximum absolute atomic E-state index is 12.9. The van der Waals surface area contributed by atoms with Gasteiger partial charge in [-0.15, -0.1) is 0 Å². The van der Waals surface area contributed by atoms with E-state index in [2.05, 4.69) is 0 Å². The van der Waals surface area contributed by atoms with E-state index in [1.54, 1.807) is 6.07 Å². The van der Waals surface area contributed by atoms with Crippen LogP contribution < -0.4 is 0 Å². The molecular weight excluding hydrogens is 425 g/mol. The second kappa shape index (κ2) is 8.10. The van der Waals surface area contributed by atoms with Gasteiger partial charge in [0, 0.05) is 12.8 Å². The summed E-state index contributed by atoms with van der Waals surface area (Å²) in [6, 6.07) is 10.3. The molecule has 1 N–H and O–H groups in total. The first kappa shape index (κ1) is 21.2. The average molecular weight is 440 g/mol. The Morgan fingerprint density at radius 2 is 1.79 bits per heavy atom. The molecule has 0 aliphatic heterocycles. The molecule has 0 aliphatic rings. The summed E-state index contributed by atoms with van der Waals surface area (Å²) in [4.78, 5) is 12.2. The zero-order valence-corrected chi connectivity index (χ0v) is 16.4. The van der Waals surface area contributed by atoms with Crippen molar-refractivity contribution in [3.8, 4) is 11.1 Å². The van der Waals surface area contributed by atoms with Crippen molar-refractivity contribution >= 4 is 27.2 Å². The van der Waals surface area contributed by atoms with Crippen molar-refractivity contribution in [1.82, 2.24) is 0 Å².